The van der Waals surface area contributed by atoms with Crippen molar-refractivity contribution in [2.75, 3.05) is 5.32 Å². The molecule has 0 saturated carbocycles. The van der Waals surface area contributed by atoms with Gasteiger partial charge in [0.25, 0.3) is 0 Å². The van der Waals surface area contributed by atoms with Crippen LogP contribution in [-0.2, 0) is 17.6 Å². The second-order valence-electron chi connectivity index (χ2n) is 10.8. The molecule has 0 aliphatic carbocycles. The number of halogens is 1. The summed E-state index contributed by atoms with van der Waals surface area (Å²) >= 11 is 0. The van der Waals surface area contributed by atoms with Crippen LogP contribution in [0.1, 0.15) is 72.2 Å². The largest absolute Gasteiger partial charge is 0.444 e. The summed E-state index contributed by atoms with van der Waals surface area (Å²) in [5, 5.41) is 7.20. The number of ketones is 1. The van der Waals surface area contributed by atoms with E-state index in [1.54, 1.807) is 67.9 Å². The van der Waals surface area contributed by atoms with Crippen molar-refractivity contribution in [3.63, 3.8) is 0 Å². The Labute approximate surface area is 234 Å². The van der Waals surface area contributed by atoms with Crippen LogP contribution in [0.15, 0.2) is 72.8 Å². The van der Waals surface area contributed by atoms with E-state index in [2.05, 4.69) is 17.3 Å². The summed E-state index contributed by atoms with van der Waals surface area (Å²) in [5.74, 6) is -0.721. The number of ether oxygens (including phenoxy) is 1. The number of aryl methyl sites for hydroxylation is 2. The van der Waals surface area contributed by atoms with Crippen molar-refractivity contribution in [2.24, 2.45) is 5.73 Å². The number of hydrogen-bond donors (Lipinski definition) is 2. The number of anilines is 1. The van der Waals surface area contributed by atoms with Gasteiger partial charge in [-0.15, -0.1) is 0 Å². The molecule has 1 heterocycles. The summed E-state index contributed by atoms with van der Waals surface area (Å²) in [6.07, 6.45) is 0.175. The number of nitrogens with one attached hydrogen (secondary N) is 1. The van der Waals surface area contributed by atoms with Crippen LogP contribution in [0.25, 0.3) is 5.69 Å². The van der Waals surface area contributed by atoms with Gasteiger partial charge in [0, 0.05) is 12.1 Å². The van der Waals surface area contributed by atoms with Crippen molar-refractivity contribution in [3.8, 4) is 5.69 Å². The fourth-order valence-corrected chi connectivity index (χ4v) is 4.38. The number of aromatic nitrogens is 2. The molecular weight excluding hydrogens is 507 g/mol. The molecule has 1 aromatic heterocycles. The third kappa shape index (κ3) is 7.01. The van der Waals surface area contributed by atoms with E-state index in [4.69, 9.17) is 10.5 Å². The molecule has 0 aliphatic heterocycles. The zero-order chi connectivity index (χ0) is 29.0. The van der Waals surface area contributed by atoms with Crippen molar-refractivity contribution >= 4 is 17.6 Å². The minimum Gasteiger partial charge on any atom is -0.444 e. The highest BCUT2D eigenvalue weighted by Crippen LogP contribution is 2.25. The Bertz CT molecular complexity index is 1520. The molecule has 3 aromatic carbocycles. The van der Waals surface area contributed by atoms with Gasteiger partial charge in [-0.3, -0.25) is 10.1 Å². The zero-order valence-corrected chi connectivity index (χ0v) is 23.5. The molecule has 208 valence electrons. The van der Waals surface area contributed by atoms with Gasteiger partial charge in [0.1, 0.15) is 17.1 Å². The summed E-state index contributed by atoms with van der Waals surface area (Å²) in [6, 6.07) is 20.6. The zero-order valence-electron chi connectivity index (χ0n) is 23.5. The molecule has 1 atom stereocenters. The highest BCUT2D eigenvalue weighted by atomic mass is 19.1. The maximum Gasteiger partial charge on any atom is 0.412 e. The van der Waals surface area contributed by atoms with E-state index in [9.17, 15) is 14.0 Å². The minimum absolute atomic E-state index is 0.135. The average Bonchev–Trinajstić information content (AvgIpc) is 3.30. The minimum atomic E-state index is -0.605. The SMILES string of the molecule is CCc1cccc(-n2nc(C)cc2C(=O)Cc2cc(C(N)c3ccc(NC(=O)OC(C)(C)C)cc3)ccc2F)c1. The third-order valence-corrected chi connectivity index (χ3v) is 6.38. The van der Waals surface area contributed by atoms with E-state index in [0.717, 1.165) is 23.2 Å². The van der Waals surface area contributed by atoms with Crippen LogP contribution in [0.2, 0.25) is 0 Å². The summed E-state index contributed by atoms with van der Waals surface area (Å²) < 4.78 is 21.8. The van der Waals surface area contributed by atoms with E-state index in [1.807, 2.05) is 31.2 Å². The van der Waals surface area contributed by atoms with Crippen LogP contribution < -0.4 is 11.1 Å². The van der Waals surface area contributed by atoms with Crippen molar-refractivity contribution in [3.05, 3.63) is 112 Å². The van der Waals surface area contributed by atoms with Crippen molar-refractivity contribution in [1.29, 1.82) is 0 Å². The quantitative estimate of drug-likeness (QED) is 0.241. The lowest BCUT2D eigenvalue weighted by Gasteiger charge is -2.20. The van der Waals surface area contributed by atoms with Gasteiger partial charge in [0.05, 0.1) is 17.4 Å². The first-order chi connectivity index (χ1) is 18.9. The van der Waals surface area contributed by atoms with Gasteiger partial charge in [-0.25, -0.2) is 13.9 Å². The normalized spacial score (nSPS) is 12.2. The van der Waals surface area contributed by atoms with Gasteiger partial charge < -0.3 is 10.5 Å². The lowest BCUT2D eigenvalue weighted by Crippen LogP contribution is -2.27. The molecule has 1 unspecified atom stereocenters. The molecule has 3 N–H and O–H groups in total. The molecule has 0 aliphatic rings. The Hall–Kier alpha value is -4.30. The van der Waals surface area contributed by atoms with E-state index in [1.165, 1.54) is 6.07 Å². The summed E-state index contributed by atoms with van der Waals surface area (Å²) in [7, 11) is 0. The molecule has 8 heteroatoms. The molecular formula is C32H35FN4O3. The van der Waals surface area contributed by atoms with Gasteiger partial charge in [0.15, 0.2) is 5.78 Å². The lowest BCUT2D eigenvalue weighted by molar-refractivity contribution is 0.0635. The predicted octanol–water partition coefficient (Wildman–Crippen LogP) is 6.70. The van der Waals surface area contributed by atoms with Crippen molar-refractivity contribution in [2.45, 2.75) is 59.1 Å². The Morgan fingerprint density at radius 1 is 1.02 bits per heavy atom. The lowest BCUT2D eigenvalue weighted by atomic mass is 9.95. The van der Waals surface area contributed by atoms with Gasteiger partial charge in [0.2, 0.25) is 0 Å². The smallest absolute Gasteiger partial charge is 0.412 e. The summed E-state index contributed by atoms with van der Waals surface area (Å²) in [4.78, 5) is 25.4. The highest BCUT2D eigenvalue weighted by Gasteiger charge is 2.20. The van der Waals surface area contributed by atoms with Gasteiger partial charge in [-0.2, -0.15) is 5.10 Å². The average molecular weight is 543 g/mol. The van der Waals surface area contributed by atoms with Crippen LogP contribution in [0.4, 0.5) is 14.9 Å². The molecule has 0 bridgehead atoms. The topological polar surface area (TPSA) is 99.2 Å². The fourth-order valence-electron chi connectivity index (χ4n) is 4.38. The second kappa shape index (κ2) is 11.8. The Balaban J connectivity index is 1.52. The van der Waals surface area contributed by atoms with Crippen LogP contribution >= 0.6 is 0 Å². The Kier molecular flexibility index (Phi) is 8.49. The monoisotopic (exact) mass is 542 g/mol. The number of carbonyl (C=O) groups excluding carboxylic acids is 2. The molecule has 0 fully saturated rings. The van der Waals surface area contributed by atoms with Crippen molar-refractivity contribution in [1.82, 2.24) is 9.78 Å². The van der Waals surface area contributed by atoms with Crippen LogP contribution in [-0.4, -0.2) is 27.3 Å². The molecule has 4 aromatic rings. The van der Waals surface area contributed by atoms with E-state index in [0.29, 0.717) is 22.6 Å². The van der Waals surface area contributed by atoms with E-state index < -0.39 is 23.6 Å². The Morgan fingerprint density at radius 2 is 1.73 bits per heavy atom. The summed E-state index contributed by atoms with van der Waals surface area (Å²) in [5.41, 5.74) is 11.2. The number of rotatable bonds is 8. The Morgan fingerprint density at radius 3 is 2.40 bits per heavy atom. The molecule has 1 amide bonds. The maximum absolute atomic E-state index is 14.9. The number of benzene rings is 3. The van der Waals surface area contributed by atoms with E-state index >= 15 is 0 Å². The van der Waals surface area contributed by atoms with Gasteiger partial charge in [-0.05, 0) is 92.8 Å². The fraction of sp³-hybridized carbons (Fsp3) is 0.281. The van der Waals surface area contributed by atoms with Gasteiger partial charge >= 0.3 is 6.09 Å². The van der Waals surface area contributed by atoms with Crippen LogP contribution in [0, 0.1) is 12.7 Å². The molecule has 40 heavy (non-hydrogen) atoms. The molecule has 7 nitrogen and oxygen atoms in total. The first-order valence-electron chi connectivity index (χ1n) is 13.3. The molecule has 0 saturated heterocycles. The van der Waals surface area contributed by atoms with E-state index in [-0.39, 0.29) is 17.8 Å². The van der Waals surface area contributed by atoms with Crippen molar-refractivity contribution < 1.29 is 18.7 Å². The molecule has 0 radical (unpaired) electrons. The van der Waals surface area contributed by atoms with Gasteiger partial charge in [-0.1, -0.05) is 43.3 Å². The third-order valence-electron chi connectivity index (χ3n) is 6.38. The first-order valence-corrected chi connectivity index (χ1v) is 13.3. The predicted molar refractivity (Wildman–Crippen MR) is 154 cm³/mol. The molecule has 0 spiro atoms. The van der Waals surface area contributed by atoms with Crippen LogP contribution in [0.5, 0.6) is 0 Å². The number of amides is 1. The highest BCUT2D eigenvalue weighted by molar-refractivity contribution is 5.96. The second-order valence-corrected chi connectivity index (χ2v) is 10.8. The maximum atomic E-state index is 14.9. The number of Topliss-reactive ketones (excluding diaryl/α,β-unsaturated/α-hetero) is 1. The number of nitrogens with two attached hydrogens (primary N) is 1. The number of carbonyl (C=O) groups is 2. The number of nitrogens with zero attached hydrogens (tertiary/aromatic N) is 2. The first kappa shape index (κ1) is 28.7. The molecule has 4 rings (SSSR count). The number of hydrogen-bond acceptors (Lipinski definition) is 5. The standard InChI is InChI=1S/C32H35FN4O3/c1-6-21-8-7-9-26(17-21)37-28(16-20(2)36-37)29(38)19-24-18-23(12-15-27(24)33)30(34)22-10-13-25(14-11-22)35-31(39)40-32(3,4)5/h7-18,30H,6,19,34H2,1-5H3,(H,35,39). The van der Waals surface area contributed by atoms with Crippen LogP contribution in [0.3, 0.4) is 0 Å². The summed E-state index contributed by atoms with van der Waals surface area (Å²) in [6.45, 7) is 9.26.